The molecule has 7 heteroatoms. The van der Waals surface area contributed by atoms with Gasteiger partial charge in [-0.25, -0.2) is 4.79 Å². The minimum atomic E-state index is -0.891. The van der Waals surface area contributed by atoms with E-state index >= 15 is 0 Å². The third kappa shape index (κ3) is 11.4. The first-order chi connectivity index (χ1) is 31.9. The van der Waals surface area contributed by atoms with Gasteiger partial charge in [-0.1, -0.05) is 146 Å². The smallest absolute Gasteiger partial charge is 0.407 e. The molecule has 4 aliphatic carbocycles. The van der Waals surface area contributed by atoms with Crippen LogP contribution in [0.4, 0.5) is 4.79 Å². The van der Waals surface area contributed by atoms with E-state index in [0.717, 1.165) is 121 Å². The summed E-state index contributed by atoms with van der Waals surface area (Å²) in [5.41, 5.74) is 4.43. The summed E-state index contributed by atoms with van der Waals surface area (Å²) in [7, 11) is 3.34. The Kier molecular flexibility index (Phi) is 17.4. The quantitative estimate of drug-likeness (QED) is 0.0560. The number of ether oxygens (including phenoxy) is 4. The predicted octanol–water partition coefficient (Wildman–Crippen LogP) is 14.2. The number of carbonyl (C=O) groups excluding carboxylic acids is 1. The number of methoxy groups -OCH3 is 2. The molecule has 0 heterocycles. The van der Waals surface area contributed by atoms with E-state index in [1.54, 1.807) is 19.8 Å². The van der Waals surface area contributed by atoms with Gasteiger partial charge in [-0.3, -0.25) is 0 Å². The fourth-order valence-corrected chi connectivity index (χ4v) is 13.7. The maximum absolute atomic E-state index is 13.0. The molecule has 0 aromatic heterocycles. The molecule has 3 aromatic carbocycles. The van der Waals surface area contributed by atoms with Crippen LogP contribution >= 0.6 is 0 Å². The second kappa shape index (κ2) is 23.0. The fourth-order valence-electron chi connectivity index (χ4n) is 13.7. The molecule has 7 rings (SSSR count). The molecule has 362 valence electrons. The van der Waals surface area contributed by atoms with Gasteiger partial charge >= 0.3 is 6.09 Å². The predicted molar refractivity (Wildman–Crippen MR) is 268 cm³/mol. The van der Waals surface area contributed by atoms with Crippen LogP contribution in [0.15, 0.2) is 90.5 Å². The number of hydrogen-bond donors (Lipinski definition) is 2. The first-order valence-electron chi connectivity index (χ1n) is 26.2. The summed E-state index contributed by atoms with van der Waals surface area (Å²) in [4.78, 5) is 13.0. The van der Waals surface area contributed by atoms with Crippen LogP contribution in [0, 0.1) is 46.3 Å². The summed E-state index contributed by atoms with van der Waals surface area (Å²) in [6.45, 7) is 13.6. The topological polar surface area (TPSA) is 86.2 Å². The lowest BCUT2D eigenvalue weighted by atomic mass is 9.47. The lowest BCUT2D eigenvalue weighted by Crippen LogP contribution is -2.51. The van der Waals surface area contributed by atoms with Crippen LogP contribution in [0.25, 0.3) is 0 Å². The molecule has 4 aliphatic rings. The van der Waals surface area contributed by atoms with Crippen LogP contribution in [-0.4, -0.2) is 50.8 Å². The molecule has 3 aromatic rings. The Balaban J connectivity index is 0.803. The van der Waals surface area contributed by atoms with E-state index in [9.17, 15) is 9.90 Å². The van der Waals surface area contributed by atoms with E-state index in [1.165, 1.54) is 51.4 Å². The van der Waals surface area contributed by atoms with E-state index < -0.39 is 11.7 Å². The molecule has 2 N–H and O–H groups in total. The Hall–Kier alpha value is -3.81. The molecular formula is C59H85NO6. The number of benzene rings is 3. The molecule has 0 bridgehead atoms. The highest BCUT2D eigenvalue weighted by Gasteiger charge is 2.59. The van der Waals surface area contributed by atoms with Crippen LogP contribution in [0.2, 0.25) is 0 Å². The average molecular weight is 904 g/mol. The molecule has 6 unspecified atom stereocenters. The zero-order chi connectivity index (χ0) is 46.7. The third-order valence-electron chi connectivity index (χ3n) is 17.5. The van der Waals surface area contributed by atoms with Crippen molar-refractivity contribution in [2.45, 2.75) is 168 Å². The first kappa shape index (κ1) is 50.1. The number of aliphatic hydroxyl groups is 1. The molecule has 0 saturated heterocycles. The molecule has 3 fully saturated rings. The molecule has 3 saturated carbocycles. The first-order valence-corrected chi connectivity index (χ1v) is 26.2. The highest BCUT2D eigenvalue weighted by atomic mass is 16.6. The van der Waals surface area contributed by atoms with Gasteiger partial charge in [0.05, 0.1) is 26.9 Å². The van der Waals surface area contributed by atoms with Crippen molar-refractivity contribution in [1.29, 1.82) is 0 Å². The summed E-state index contributed by atoms with van der Waals surface area (Å²) in [5.74, 6) is 6.57. The van der Waals surface area contributed by atoms with Crippen LogP contribution < -0.4 is 14.8 Å². The molecule has 0 aliphatic heterocycles. The maximum atomic E-state index is 13.0. The molecule has 66 heavy (non-hydrogen) atoms. The van der Waals surface area contributed by atoms with Crippen molar-refractivity contribution in [1.82, 2.24) is 5.32 Å². The van der Waals surface area contributed by atoms with Crippen molar-refractivity contribution in [2.75, 3.05) is 27.4 Å². The van der Waals surface area contributed by atoms with Crippen molar-refractivity contribution >= 4 is 6.09 Å². The summed E-state index contributed by atoms with van der Waals surface area (Å²) < 4.78 is 24.0. The largest absolute Gasteiger partial charge is 0.497 e. The number of allylic oxidation sites excluding steroid dienone is 1. The van der Waals surface area contributed by atoms with Crippen LogP contribution in [0.1, 0.15) is 167 Å². The SMILES string of the molecule is COc1ccc(C(OCCC(O)CCCCCCCNC(=O)O[C@@H]2CC[C@]3(C)C(=CCC4C5CCC(C(C)CCCC(C)C)[C@]5(C)CCC43)C2)(c2ccccc2)c2ccc(OC)cc2)cc1. The van der Waals surface area contributed by atoms with Crippen molar-refractivity contribution in [3.63, 3.8) is 0 Å². The van der Waals surface area contributed by atoms with Crippen LogP contribution in [0.3, 0.4) is 0 Å². The van der Waals surface area contributed by atoms with Gasteiger partial charge in [-0.2, -0.15) is 0 Å². The van der Waals surface area contributed by atoms with Crippen molar-refractivity contribution < 1.29 is 28.8 Å². The maximum Gasteiger partial charge on any atom is 0.407 e. The number of nitrogens with one attached hydrogen (secondary N) is 1. The summed E-state index contributed by atoms with van der Waals surface area (Å²) in [6, 6.07) is 26.4. The molecule has 9 atom stereocenters. The number of aliphatic hydroxyl groups excluding tert-OH is 1. The summed E-state index contributed by atoms with van der Waals surface area (Å²) >= 11 is 0. The van der Waals surface area contributed by atoms with E-state index in [2.05, 4.69) is 82.4 Å². The standard InChI is InChI=1S/C59H85NO6/c1-42(2)17-16-18-43(3)53-32-33-54-52-31-26-47-41-51(34-37-57(47,4)55(52)35-38-58(53,54)5)66-56(62)60-39-15-10-8-9-14-21-48(61)36-40-65-59(44-19-12-11-13-20-44,45-22-27-49(63-6)28-23-45)46-24-29-50(64-7)30-25-46/h11-13,19-20,22-30,42-43,48,51-55,61H,8-10,14-18,21,31-41H2,1-7H3,(H,60,62)/t43?,48?,51-,52?,53?,54?,55?,57-,58+/m1/s1. The monoisotopic (exact) mass is 904 g/mol. The van der Waals surface area contributed by atoms with Crippen molar-refractivity contribution in [3.8, 4) is 11.5 Å². The van der Waals surface area contributed by atoms with Gasteiger partial charge in [0.1, 0.15) is 23.2 Å². The molecule has 0 spiro atoms. The normalized spacial score (nSPS) is 26.9. The molecular weight excluding hydrogens is 819 g/mol. The van der Waals surface area contributed by atoms with E-state index in [4.69, 9.17) is 18.9 Å². The molecule has 7 nitrogen and oxygen atoms in total. The number of rotatable bonds is 23. The Bertz CT molecular complexity index is 1930. The molecule has 0 radical (unpaired) electrons. The zero-order valence-corrected chi connectivity index (χ0v) is 41.8. The number of fused-ring (bicyclic) bond motifs is 5. The Morgan fingerprint density at radius 1 is 0.727 bits per heavy atom. The third-order valence-corrected chi connectivity index (χ3v) is 17.5. The van der Waals surface area contributed by atoms with Gasteiger partial charge < -0.3 is 29.4 Å². The molecule has 1 amide bonds. The summed E-state index contributed by atoms with van der Waals surface area (Å²) in [5, 5.41) is 14.1. The zero-order valence-electron chi connectivity index (χ0n) is 41.8. The van der Waals surface area contributed by atoms with Gasteiger partial charge in [0.2, 0.25) is 0 Å². The lowest BCUT2D eigenvalue weighted by molar-refractivity contribution is -0.0581. The number of hydrogen-bond acceptors (Lipinski definition) is 6. The van der Waals surface area contributed by atoms with Gasteiger partial charge in [-0.05, 0) is 152 Å². The summed E-state index contributed by atoms with van der Waals surface area (Å²) in [6.07, 6.45) is 22.2. The number of unbranched alkanes of at least 4 members (excludes halogenated alkanes) is 4. The second-order valence-electron chi connectivity index (χ2n) is 21.8. The van der Waals surface area contributed by atoms with Gasteiger partial charge in [-0.15, -0.1) is 0 Å². The number of carbonyl (C=O) groups is 1. The minimum Gasteiger partial charge on any atom is -0.497 e. The highest BCUT2D eigenvalue weighted by Crippen LogP contribution is 2.67. The Labute approximate surface area is 399 Å². The lowest BCUT2D eigenvalue weighted by Gasteiger charge is -2.58. The number of amides is 1. The van der Waals surface area contributed by atoms with Gasteiger partial charge in [0.25, 0.3) is 0 Å². The van der Waals surface area contributed by atoms with E-state index in [0.29, 0.717) is 25.0 Å². The van der Waals surface area contributed by atoms with Gasteiger partial charge in [0.15, 0.2) is 0 Å². The second-order valence-corrected chi connectivity index (χ2v) is 21.8. The van der Waals surface area contributed by atoms with Crippen molar-refractivity contribution in [3.05, 3.63) is 107 Å². The average Bonchev–Trinajstić information content (AvgIpc) is 3.69. The Morgan fingerprint density at radius 2 is 1.38 bits per heavy atom. The highest BCUT2D eigenvalue weighted by molar-refractivity contribution is 5.67. The number of alkyl carbamates (subject to hydrolysis) is 1. The van der Waals surface area contributed by atoms with Crippen molar-refractivity contribution in [2.24, 2.45) is 46.3 Å². The van der Waals surface area contributed by atoms with Crippen LogP contribution in [-0.2, 0) is 15.1 Å². The Morgan fingerprint density at radius 3 is 2.05 bits per heavy atom. The minimum absolute atomic E-state index is 0.0197. The van der Waals surface area contributed by atoms with Crippen LogP contribution in [0.5, 0.6) is 11.5 Å². The fraction of sp³-hybridized carbons (Fsp3) is 0.644. The van der Waals surface area contributed by atoms with E-state index in [1.807, 2.05) is 42.5 Å². The van der Waals surface area contributed by atoms with Gasteiger partial charge in [0, 0.05) is 13.0 Å². The van der Waals surface area contributed by atoms with E-state index in [-0.39, 0.29) is 17.6 Å².